The van der Waals surface area contributed by atoms with Crippen molar-refractivity contribution >= 4 is 13.8 Å². The van der Waals surface area contributed by atoms with Crippen LogP contribution in [0.5, 0.6) is 0 Å². The maximum absolute atomic E-state index is 12.0. The summed E-state index contributed by atoms with van der Waals surface area (Å²) in [5, 5.41) is 58.3. The van der Waals surface area contributed by atoms with Gasteiger partial charge in [-0.1, -0.05) is 84.0 Å². The molecule has 14 heteroatoms. The van der Waals surface area contributed by atoms with Crippen LogP contribution in [0.4, 0.5) is 0 Å². The molecule has 6 N–H and O–H groups in total. The van der Waals surface area contributed by atoms with E-state index in [9.17, 15) is 44.9 Å². The van der Waals surface area contributed by atoms with Gasteiger partial charge in [0.1, 0.15) is 49.3 Å². The van der Waals surface area contributed by atoms with Crippen molar-refractivity contribution < 1.29 is 88.2 Å². The van der Waals surface area contributed by atoms with Gasteiger partial charge in [0, 0.05) is 6.42 Å². The van der Waals surface area contributed by atoms with E-state index in [1.165, 1.54) is 57.8 Å². The molecule has 226 valence electrons. The summed E-state index contributed by atoms with van der Waals surface area (Å²) in [5.74, 6) is -0.524. The number of ether oxygens (including phenoxy) is 1. The van der Waals surface area contributed by atoms with Gasteiger partial charge in [-0.25, -0.2) is 0 Å². The monoisotopic (exact) mass is 594 g/mol. The molecule has 0 bridgehead atoms. The van der Waals surface area contributed by atoms with Crippen molar-refractivity contribution in [3.63, 3.8) is 0 Å². The van der Waals surface area contributed by atoms with E-state index in [0.717, 1.165) is 19.3 Å². The molecule has 6 unspecified atom stereocenters. The number of phosphoric ester groups is 1. The number of hydrogen-bond acceptors (Lipinski definition) is 12. The molecule has 0 aromatic carbocycles. The molecule has 0 aromatic heterocycles. The van der Waals surface area contributed by atoms with Gasteiger partial charge in [-0.3, -0.25) is 9.36 Å². The van der Waals surface area contributed by atoms with Gasteiger partial charge in [0.05, 0.1) is 6.61 Å². The third-order valence-corrected chi connectivity index (χ3v) is 7.64. The minimum Gasteiger partial charge on any atom is -0.756 e. The Labute approximate surface area is 254 Å². The SMILES string of the molecule is CCCCCCCCCCCCCCCC(=O)OC[C@@H](O)COP(=O)([O-])OC1C(O)C(O)C(O)[C@@H](O)C1O.[Na+]. The Morgan fingerprint density at radius 3 is 1.62 bits per heavy atom. The Morgan fingerprint density at radius 1 is 0.744 bits per heavy atom. The number of unbranched alkanes of at least 4 members (excludes halogenated alkanes) is 12. The van der Waals surface area contributed by atoms with E-state index in [1.807, 2.05) is 0 Å². The predicted molar refractivity (Wildman–Crippen MR) is 136 cm³/mol. The van der Waals surface area contributed by atoms with Crippen molar-refractivity contribution in [2.75, 3.05) is 13.2 Å². The van der Waals surface area contributed by atoms with E-state index in [-0.39, 0.29) is 36.0 Å². The average molecular weight is 595 g/mol. The van der Waals surface area contributed by atoms with E-state index < -0.39 is 69.7 Å². The third-order valence-electron chi connectivity index (χ3n) is 6.67. The van der Waals surface area contributed by atoms with Crippen LogP contribution in [0, 0.1) is 0 Å². The summed E-state index contributed by atoms with van der Waals surface area (Å²) in [7, 11) is -5.23. The van der Waals surface area contributed by atoms with Crippen molar-refractivity contribution in [1.29, 1.82) is 0 Å². The summed E-state index contributed by atoms with van der Waals surface area (Å²) in [6.45, 7) is 0.881. The average Bonchev–Trinajstić information content (AvgIpc) is 2.89. The van der Waals surface area contributed by atoms with Gasteiger partial charge in [0.15, 0.2) is 0 Å². The van der Waals surface area contributed by atoms with Crippen molar-refractivity contribution in [3.8, 4) is 0 Å². The quantitative estimate of drug-likeness (QED) is 0.0372. The zero-order valence-electron chi connectivity index (χ0n) is 23.4. The van der Waals surface area contributed by atoms with Crippen LogP contribution >= 0.6 is 7.82 Å². The van der Waals surface area contributed by atoms with Crippen LogP contribution in [0.2, 0.25) is 0 Å². The van der Waals surface area contributed by atoms with Gasteiger partial charge in [-0.2, -0.15) is 0 Å². The number of hydrogen-bond donors (Lipinski definition) is 6. The van der Waals surface area contributed by atoms with E-state index >= 15 is 0 Å². The number of carbonyl (C=O) groups excluding carboxylic acids is 1. The summed E-state index contributed by atoms with van der Waals surface area (Å²) in [6.07, 6.45) is 2.08. The molecule has 12 nitrogen and oxygen atoms in total. The number of esters is 1. The number of rotatable bonds is 21. The minimum absolute atomic E-state index is 0. The first-order valence-electron chi connectivity index (χ1n) is 13.9. The van der Waals surface area contributed by atoms with Crippen molar-refractivity contribution in [2.45, 2.75) is 140 Å². The molecule has 0 heterocycles. The Bertz CT molecular complexity index is 671. The zero-order valence-corrected chi connectivity index (χ0v) is 26.3. The number of carbonyl (C=O) groups is 1. The van der Waals surface area contributed by atoms with Crippen LogP contribution < -0.4 is 34.5 Å². The minimum atomic E-state index is -5.23. The van der Waals surface area contributed by atoms with Crippen LogP contribution in [-0.2, 0) is 23.1 Å². The molecule has 1 aliphatic rings. The molecular weight excluding hydrogens is 546 g/mol. The number of phosphoric acid groups is 1. The van der Waals surface area contributed by atoms with Crippen LogP contribution in [0.1, 0.15) is 96.8 Å². The summed E-state index contributed by atoms with van der Waals surface area (Å²) in [4.78, 5) is 23.8. The summed E-state index contributed by atoms with van der Waals surface area (Å²) >= 11 is 0. The first-order chi connectivity index (χ1) is 18.0. The summed E-state index contributed by atoms with van der Waals surface area (Å²) in [6, 6.07) is 0. The van der Waals surface area contributed by atoms with Gasteiger partial charge in [-0.05, 0) is 6.42 Å². The van der Waals surface area contributed by atoms with Gasteiger partial charge in [0.2, 0.25) is 0 Å². The van der Waals surface area contributed by atoms with Crippen molar-refractivity contribution in [3.05, 3.63) is 0 Å². The zero-order chi connectivity index (χ0) is 28.6. The van der Waals surface area contributed by atoms with Crippen molar-refractivity contribution in [2.24, 2.45) is 0 Å². The molecule has 0 amide bonds. The molecule has 0 spiro atoms. The first-order valence-corrected chi connectivity index (χ1v) is 15.3. The molecule has 0 saturated heterocycles. The second-order valence-electron chi connectivity index (χ2n) is 10.1. The van der Waals surface area contributed by atoms with Gasteiger partial charge < -0.3 is 49.3 Å². The fraction of sp³-hybridized carbons (Fsp3) is 0.960. The normalized spacial score (nSPS) is 27.4. The van der Waals surface area contributed by atoms with Crippen molar-refractivity contribution in [1.82, 2.24) is 0 Å². The molecule has 1 saturated carbocycles. The molecule has 0 aliphatic heterocycles. The second-order valence-corrected chi connectivity index (χ2v) is 11.5. The van der Waals surface area contributed by atoms with Crippen LogP contribution in [0.15, 0.2) is 0 Å². The molecule has 1 aliphatic carbocycles. The third kappa shape index (κ3) is 16.5. The molecule has 8 atom stereocenters. The Morgan fingerprint density at radius 2 is 1.15 bits per heavy atom. The van der Waals surface area contributed by atoms with Gasteiger partial charge in [-0.15, -0.1) is 0 Å². The Hall–Kier alpha value is 0.340. The fourth-order valence-electron chi connectivity index (χ4n) is 4.27. The van der Waals surface area contributed by atoms with E-state index in [0.29, 0.717) is 6.42 Å². The maximum atomic E-state index is 12.0. The molecular formula is C25H48NaO12P. The standard InChI is InChI=1S/C25H49O12P.Na/c1-2-3-4-5-6-7-8-9-10-11-12-13-14-15-19(27)35-16-18(26)17-36-38(33,34)37-25-23(31)21(29)20(28)22(30)24(25)32;/h18,20-26,28-32H,2-17H2,1H3,(H,33,34);/q;+1/p-1/t18-,20?,21-,22?,23?,24?,25?;/m1./s1. The van der Waals surface area contributed by atoms with Crippen LogP contribution in [0.3, 0.4) is 0 Å². The predicted octanol–water partition coefficient (Wildman–Crippen LogP) is -1.94. The maximum Gasteiger partial charge on any atom is 1.00 e. The van der Waals surface area contributed by atoms with Crippen LogP contribution in [-0.4, -0.2) is 92.5 Å². The van der Waals surface area contributed by atoms with Gasteiger partial charge in [0.25, 0.3) is 7.82 Å². The van der Waals surface area contributed by atoms with Gasteiger partial charge >= 0.3 is 35.5 Å². The fourth-order valence-corrected chi connectivity index (χ4v) is 5.24. The molecule has 0 radical (unpaired) electrons. The van der Waals surface area contributed by atoms with E-state index in [2.05, 4.69) is 16.0 Å². The Balaban J connectivity index is 0.0000144. The van der Waals surface area contributed by atoms with E-state index in [1.54, 1.807) is 0 Å². The second kappa shape index (κ2) is 22.0. The molecule has 39 heavy (non-hydrogen) atoms. The summed E-state index contributed by atoms with van der Waals surface area (Å²) < 4.78 is 25.9. The summed E-state index contributed by atoms with van der Waals surface area (Å²) in [5.41, 5.74) is 0. The van der Waals surface area contributed by atoms with E-state index in [4.69, 9.17) is 4.74 Å². The molecule has 1 fully saturated rings. The largest absolute Gasteiger partial charge is 1.00 e. The number of aliphatic hydroxyl groups excluding tert-OH is 6. The molecule has 1 rings (SSSR count). The Kier molecular flexibility index (Phi) is 22.1. The molecule has 0 aromatic rings. The van der Waals surface area contributed by atoms with Crippen LogP contribution in [0.25, 0.3) is 0 Å². The smallest absolute Gasteiger partial charge is 0.756 e. The first kappa shape index (κ1) is 39.3. The topological polar surface area (TPSA) is 206 Å². The number of aliphatic hydroxyl groups is 6.